The standard InChI is InChI=1S/C9H10N4O/c1-13-8(9(10)11-12-13)6-2-4-7(14)5-3-6/h2-5,14H,10H2,1H3. The maximum absolute atomic E-state index is 9.12. The molecule has 3 N–H and O–H groups in total. The molecule has 0 unspecified atom stereocenters. The average Bonchev–Trinajstić information content (AvgIpc) is 2.49. The average molecular weight is 190 g/mol. The highest BCUT2D eigenvalue weighted by atomic mass is 16.3. The van der Waals surface area contributed by atoms with Crippen LogP contribution >= 0.6 is 0 Å². The number of aryl methyl sites for hydroxylation is 1. The topological polar surface area (TPSA) is 77.0 Å². The number of aromatic hydroxyl groups is 1. The normalized spacial score (nSPS) is 10.4. The van der Waals surface area contributed by atoms with Gasteiger partial charge in [-0.15, -0.1) is 5.10 Å². The molecular formula is C9H10N4O. The number of phenolic OH excluding ortho intramolecular Hbond substituents is 1. The lowest BCUT2D eigenvalue weighted by Crippen LogP contribution is -1.95. The second-order valence-corrected chi connectivity index (χ2v) is 2.99. The van der Waals surface area contributed by atoms with Crippen LogP contribution in [0.15, 0.2) is 24.3 Å². The van der Waals surface area contributed by atoms with Gasteiger partial charge in [-0.3, -0.25) is 0 Å². The van der Waals surface area contributed by atoms with Gasteiger partial charge in [0.05, 0.1) is 0 Å². The Morgan fingerprint density at radius 3 is 2.43 bits per heavy atom. The Labute approximate surface area is 80.8 Å². The van der Waals surface area contributed by atoms with E-state index in [0.717, 1.165) is 11.3 Å². The zero-order chi connectivity index (χ0) is 10.1. The number of phenols is 1. The molecule has 0 radical (unpaired) electrons. The Balaban J connectivity index is 2.54. The number of anilines is 1. The van der Waals surface area contributed by atoms with E-state index in [1.807, 2.05) is 0 Å². The van der Waals surface area contributed by atoms with Gasteiger partial charge in [-0.25, -0.2) is 4.68 Å². The molecule has 0 spiro atoms. The highest BCUT2D eigenvalue weighted by molar-refractivity contribution is 5.70. The lowest BCUT2D eigenvalue weighted by molar-refractivity contribution is 0.475. The molecule has 2 rings (SSSR count). The Kier molecular flexibility index (Phi) is 1.85. The van der Waals surface area contributed by atoms with Crippen LogP contribution in [0.3, 0.4) is 0 Å². The minimum absolute atomic E-state index is 0.224. The summed E-state index contributed by atoms with van der Waals surface area (Å²) in [4.78, 5) is 0. The number of benzene rings is 1. The van der Waals surface area contributed by atoms with Gasteiger partial charge < -0.3 is 10.8 Å². The van der Waals surface area contributed by atoms with E-state index in [2.05, 4.69) is 10.3 Å². The number of aromatic nitrogens is 3. The number of hydrogen-bond donors (Lipinski definition) is 2. The third-order valence-electron chi connectivity index (χ3n) is 1.99. The summed E-state index contributed by atoms with van der Waals surface area (Å²) in [5, 5.41) is 16.7. The quantitative estimate of drug-likeness (QED) is 0.696. The Hall–Kier alpha value is -2.04. The van der Waals surface area contributed by atoms with Crippen molar-refractivity contribution < 1.29 is 5.11 Å². The first-order valence-electron chi connectivity index (χ1n) is 4.13. The third kappa shape index (κ3) is 1.28. The summed E-state index contributed by atoms with van der Waals surface area (Å²) >= 11 is 0. The van der Waals surface area contributed by atoms with E-state index < -0.39 is 0 Å². The lowest BCUT2D eigenvalue weighted by Gasteiger charge is -2.01. The van der Waals surface area contributed by atoms with Gasteiger partial charge in [-0.05, 0) is 24.3 Å². The maximum Gasteiger partial charge on any atom is 0.174 e. The van der Waals surface area contributed by atoms with Crippen molar-refractivity contribution in [1.82, 2.24) is 15.0 Å². The molecule has 0 saturated heterocycles. The predicted molar refractivity (Wildman–Crippen MR) is 52.5 cm³/mol. The van der Waals surface area contributed by atoms with E-state index in [1.165, 1.54) is 0 Å². The van der Waals surface area contributed by atoms with Gasteiger partial charge in [0.25, 0.3) is 0 Å². The number of nitrogen functional groups attached to an aromatic ring is 1. The van der Waals surface area contributed by atoms with Crippen LogP contribution in [0, 0.1) is 0 Å². The van der Waals surface area contributed by atoms with Crippen molar-refractivity contribution in [3.8, 4) is 17.0 Å². The zero-order valence-corrected chi connectivity index (χ0v) is 7.68. The van der Waals surface area contributed by atoms with Crippen molar-refractivity contribution in [3.63, 3.8) is 0 Å². The van der Waals surface area contributed by atoms with Crippen molar-refractivity contribution in [2.75, 3.05) is 5.73 Å². The fourth-order valence-corrected chi connectivity index (χ4v) is 1.33. The van der Waals surface area contributed by atoms with Crippen molar-refractivity contribution in [2.24, 2.45) is 7.05 Å². The van der Waals surface area contributed by atoms with Crippen LogP contribution in [0.25, 0.3) is 11.3 Å². The smallest absolute Gasteiger partial charge is 0.174 e. The highest BCUT2D eigenvalue weighted by Gasteiger charge is 2.09. The molecule has 5 heteroatoms. The molecule has 0 aliphatic rings. The fourth-order valence-electron chi connectivity index (χ4n) is 1.33. The molecule has 5 nitrogen and oxygen atoms in total. The summed E-state index contributed by atoms with van der Waals surface area (Å²) in [7, 11) is 1.77. The molecule has 0 fully saturated rings. The molecule has 1 aromatic heterocycles. The first-order chi connectivity index (χ1) is 6.68. The van der Waals surface area contributed by atoms with Crippen LogP contribution in [0.5, 0.6) is 5.75 Å². The number of nitrogens with zero attached hydrogens (tertiary/aromatic N) is 3. The van der Waals surface area contributed by atoms with E-state index in [1.54, 1.807) is 36.0 Å². The summed E-state index contributed by atoms with van der Waals surface area (Å²) in [6, 6.07) is 6.73. The van der Waals surface area contributed by atoms with Crippen molar-refractivity contribution >= 4 is 5.82 Å². The first-order valence-corrected chi connectivity index (χ1v) is 4.13. The predicted octanol–water partition coefficient (Wildman–Crippen LogP) is 0.770. The van der Waals surface area contributed by atoms with E-state index in [-0.39, 0.29) is 5.75 Å². The molecule has 0 aliphatic carbocycles. The van der Waals surface area contributed by atoms with Crippen LogP contribution < -0.4 is 5.73 Å². The second kappa shape index (κ2) is 3.02. The summed E-state index contributed by atoms with van der Waals surface area (Å²) in [6.45, 7) is 0. The number of nitrogens with two attached hydrogens (primary N) is 1. The minimum Gasteiger partial charge on any atom is -0.508 e. The first kappa shape index (κ1) is 8.55. The zero-order valence-electron chi connectivity index (χ0n) is 7.68. The Morgan fingerprint density at radius 1 is 1.29 bits per heavy atom. The molecule has 0 aliphatic heterocycles. The molecule has 2 aromatic rings. The minimum atomic E-state index is 0.224. The van der Waals surface area contributed by atoms with Crippen LogP contribution in [-0.4, -0.2) is 20.1 Å². The van der Waals surface area contributed by atoms with Gasteiger partial charge in [-0.1, -0.05) is 5.21 Å². The van der Waals surface area contributed by atoms with Gasteiger partial charge in [0.2, 0.25) is 0 Å². The lowest BCUT2D eigenvalue weighted by atomic mass is 10.1. The van der Waals surface area contributed by atoms with E-state index in [0.29, 0.717) is 5.82 Å². The summed E-state index contributed by atoms with van der Waals surface area (Å²) in [5.41, 5.74) is 7.29. The highest BCUT2D eigenvalue weighted by Crippen LogP contribution is 2.24. The van der Waals surface area contributed by atoms with Gasteiger partial charge in [0.1, 0.15) is 11.4 Å². The number of rotatable bonds is 1. The van der Waals surface area contributed by atoms with E-state index >= 15 is 0 Å². The van der Waals surface area contributed by atoms with Gasteiger partial charge in [-0.2, -0.15) is 0 Å². The Bertz CT molecular complexity index is 427. The maximum atomic E-state index is 9.12. The molecule has 0 saturated carbocycles. The van der Waals surface area contributed by atoms with Crippen molar-refractivity contribution in [1.29, 1.82) is 0 Å². The third-order valence-corrected chi connectivity index (χ3v) is 1.99. The van der Waals surface area contributed by atoms with E-state index in [9.17, 15) is 0 Å². The summed E-state index contributed by atoms with van der Waals surface area (Å²) in [5.74, 6) is 0.612. The largest absolute Gasteiger partial charge is 0.508 e. The SMILES string of the molecule is Cn1nnc(N)c1-c1ccc(O)cc1. The molecule has 0 atom stereocenters. The summed E-state index contributed by atoms with van der Waals surface area (Å²) < 4.78 is 1.60. The molecule has 1 heterocycles. The van der Waals surface area contributed by atoms with Gasteiger partial charge >= 0.3 is 0 Å². The molecule has 1 aromatic carbocycles. The van der Waals surface area contributed by atoms with Crippen LogP contribution in [-0.2, 0) is 7.05 Å². The van der Waals surface area contributed by atoms with E-state index in [4.69, 9.17) is 10.8 Å². The summed E-state index contributed by atoms with van der Waals surface area (Å²) in [6.07, 6.45) is 0. The molecule has 0 bridgehead atoms. The van der Waals surface area contributed by atoms with Crippen molar-refractivity contribution in [2.45, 2.75) is 0 Å². The number of hydrogen-bond acceptors (Lipinski definition) is 4. The van der Waals surface area contributed by atoms with Gasteiger partial charge in [0, 0.05) is 12.6 Å². The monoisotopic (exact) mass is 190 g/mol. The van der Waals surface area contributed by atoms with Crippen LogP contribution in [0.4, 0.5) is 5.82 Å². The molecule has 0 amide bonds. The Morgan fingerprint density at radius 2 is 1.93 bits per heavy atom. The van der Waals surface area contributed by atoms with Crippen molar-refractivity contribution in [3.05, 3.63) is 24.3 Å². The molecular weight excluding hydrogens is 180 g/mol. The van der Waals surface area contributed by atoms with Crippen LogP contribution in [0.2, 0.25) is 0 Å². The molecule has 14 heavy (non-hydrogen) atoms. The second-order valence-electron chi connectivity index (χ2n) is 2.99. The van der Waals surface area contributed by atoms with Gasteiger partial charge in [0.15, 0.2) is 5.82 Å². The molecule has 72 valence electrons. The van der Waals surface area contributed by atoms with Crippen LogP contribution in [0.1, 0.15) is 0 Å². The fraction of sp³-hybridized carbons (Fsp3) is 0.111.